The number of nitrogens with one attached hydrogen (secondary N) is 1. The van der Waals surface area contributed by atoms with Crippen LogP contribution in [0.15, 0.2) is 60.7 Å². The van der Waals surface area contributed by atoms with E-state index in [0.717, 1.165) is 31.2 Å². The van der Waals surface area contributed by atoms with E-state index in [9.17, 15) is 9.59 Å². The molecular weight excluding hydrogens is 338 g/mol. The molecule has 2 aromatic rings. The van der Waals surface area contributed by atoms with Crippen LogP contribution in [0.2, 0.25) is 0 Å². The summed E-state index contributed by atoms with van der Waals surface area (Å²) in [5, 5.41) is 3.04. The van der Waals surface area contributed by atoms with Crippen LogP contribution in [0.4, 0.5) is 0 Å². The lowest BCUT2D eigenvalue weighted by molar-refractivity contribution is -0.148. The highest BCUT2D eigenvalue weighted by molar-refractivity contribution is 5.94. The Balaban J connectivity index is 1.57. The Labute approximate surface area is 160 Å². The topological polar surface area (TPSA) is 55.4 Å². The van der Waals surface area contributed by atoms with Crippen LogP contribution in [0.3, 0.4) is 0 Å². The summed E-state index contributed by atoms with van der Waals surface area (Å²) in [7, 11) is 0. The van der Waals surface area contributed by atoms with Crippen molar-refractivity contribution in [3.8, 4) is 0 Å². The molecule has 27 heavy (non-hydrogen) atoms. The summed E-state index contributed by atoms with van der Waals surface area (Å²) < 4.78 is 5.50. The summed E-state index contributed by atoms with van der Waals surface area (Å²) in [6.45, 7) is 0.813. The van der Waals surface area contributed by atoms with Crippen LogP contribution in [0.5, 0.6) is 0 Å². The molecule has 0 saturated heterocycles. The molecular formula is C23H27NO3. The monoisotopic (exact) mass is 365 g/mol. The van der Waals surface area contributed by atoms with Crippen molar-refractivity contribution in [2.45, 2.75) is 45.1 Å². The number of benzene rings is 2. The van der Waals surface area contributed by atoms with Gasteiger partial charge in [-0.1, -0.05) is 67.8 Å². The van der Waals surface area contributed by atoms with Crippen LogP contribution in [-0.4, -0.2) is 18.4 Å². The van der Waals surface area contributed by atoms with E-state index in [1.165, 1.54) is 6.42 Å². The lowest BCUT2D eigenvalue weighted by atomic mass is 9.71. The molecule has 1 aliphatic carbocycles. The molecule has 3 rings (SSSR count). The van der Waals surface area contributed by atoms with E-state index in [2.05, 4.69) is 5.32 Å². The fourth-order valence-electron chi connectivity index (χ4n) is 3.77. The molecule has 0 aromatic heterocycles. The number of esters is 1. The molecule has 4 nitrogen and oxygen atoms in total. The summed E-state index contributed by atoms with van der Waals surface area (Å²) in [5.74, 6) is -0.270. The van der Waals surface area contributed by atoms with Crippen LogP contribution < -0.4 is 5.32 Å². The van der Waals surface area contributed by atoms with E-state index in [1.54, 1.807) is 12.1 Å². The van der Waals surface area contributed by atoms with Gasteiger partial charge in [0.1, 0.15) is 6.61 Å². The molecule has 4 heteroatoms. The van der Waals surface area contributed by atoms with Crippen LogP contribution in [0.1, 0.15) is 54.4 Å². The maximum absolute atomic E-state index is 12.5. The fraction of sp³-hybridized carbons (Fsp3) is 0.391. The Hall–Kier alpha value is -2.62. The molecule has 0 heterocycles. The standard InChI is InChI=1S/C23H27NO3/c25-21(27-17-19-10-4-1-5-11-19)16-23(14-8-3-9-15-23)18-24-22(26)20-12-6-2-7-13-20/h1-2,4-7,10-13H,3,8-9,14-18H2,(H,24,26). The smallest absolute Gasteiger partial charge is 0.306 e. The van der Waals surface area contributed by atoms with Gasteiger partial charge < -0.3 is 10.1 Å². The molecule has 0 atom stereocenters. The first-order valence-corrected chi connectivity index (χ1v) is 9.70. The van der Waals surface area contributed by atoms with Crippen molar-refractivity contribution in [2.24, 2.45) is 5.41 Å². The van der Waals surface area contributed by atoms with Gasteiger partial charge in [-0.3, -0.25) is 9.59 Å². The number of carbonyl (C=O) groups excluding carboxylic acids is 2. The molecule has 0 radical (unpaired) electrons. The minimum Gasteiger partial charge on any atom is -0.461 e. The normalized spacial score (nSPS) is 15.7. The summed E-state index contributed by atoms with van der Waals surface area (Å²) >= 11 is 0. The van der Waals surface area contributed by atoms with Gasteiger partial charge in [-0.05, 0) is 36.0 Å². The number of hydrogen-bond donors (Lipinski definition) is 1. The third-order valence-electron chi connectivity index (χ3n) is 5.34. The van der Waals surface area contributed by atoms with Gasteiger partial charge in [0.15, 0.2) is 0 Å². The lowest BCUT2D eigenvalue weighted by Gasteiger charge is -2.36. The number of amides is 1. The second-order valence-electron chi connectivity index (χ2n) is 7.43. The predicted molar refractivity (Wildman–Crippen MR) is 105 cm³/mol. The van der Waals surface area contributed by atoms with Gasteiger partial charge in [0.05, 0.1) is 6.42 Å². The first-order chi connectivity index (χ1) is 13.2. The SMILES string of the molecule is O=C(CC1(CNC(=O)c2ccccc2)CCCCC1)OCc1ccccc1. The molecule has 1 fully saturated rings. The van der Waals surface area contributed by atoms with Crippen molar-refractivity contribution >= 4 is 11.9 Å². The van der Waals surface area contributed by atoms with Crippen molar-refractivity contribution in [3.05, 3.63) is 71.8 Å². The van der Waals surface area contributed by atoms with E-state index in [0.29, 0.717) is 25.1 Å². The maximum atomic E-state index is 12.5. The van der Waals surface area contributed by atoms with E-state index in [1.807, 2.05) is 48.5 Å². The van der Waals surface area contributed by atoms with Gasteiger partial charge in [-0.15, -0.1) is 0 Å². The average molecular weight is 365 g/mol. The molecule has 0 unspecified atom stereocenters. The Morgan fingerprint density at radius 1 is 0.889 bits per heavy atom. The molecule has 1 N–H and O–H groups in total. The summed E-state index contributed by atoms with van der Waals surface area (Å²) in [6.07, 6.45) is 5.62. The quantitative estimate of drug-likeness (QED) is 0.735. The van der Waals surface area contributed by atoms with Crippen LogP contribution >= 0.6 is 0 Å². The highest BCUT2D eigenvalue weighted by Crippen LogP contribution is 2.39. The van der Waals surface area contributed by atoms with Gasteiger partial charge >= 0.3 is 5.97 Å². The average Bonchev–Trinajstić information content (AvgIpc) is 2.73. The second kappa shape index (κ2) is 9.36. The molecule has 0 spiro atoms. The molecule has 0 bridgehead atoms. The van der Waals surface area contributed by atoms with Crippen molar-refractivity contribution in [1.29, 1.82) is 0 Å². The Kier molecular flexibility index (Phi) is 6.64. The molecule has 142 valence electrons. The molecule has 1 amide bonds. The van der Waals surface area contributed by atoms with Crippen molar-refractivity contribution in [2.75, 3.05) is 6.54 Å². The molecule has 1 aliphatic rings. The zero-order valence-corrected chi connectivity index (χ0v) is 15.7. The first-order valence-electron chi connectivity index (χ1n) is 9.70. The lowest BCUT2D eigenvalue weighted by Crippen LogP contribution is -2.40. The number of hydrogen-bond acceptors (Lipinski definition) is 3. The summed E-state index contributed by atoms with van der Waals surface area (Å²) in [6, 6.07) is 18.9. The second-order valence-corrected chi connectivity index (χ2v) is 7.43. The number of carbonyl (C=O) groups is 2. The minimum absolute atomic E-state index is 0.0850. The Morgan fingerprint density at radius 2 is 1.52 bits per heavy atom. The minimum atomic E-state index is -0.198. The van der Waals surface area contributed by atoms with Gasteiger partial charge in [0.2, 0.25) is 0 Å². The molecule has 1 saturated carbocycles. The van der Waals surface area contributed by atoms with Crippen molar-refractivity contribution < 1.29 is 14.3 Å². The summed E-state index contributed by atoms with van der Waals surface area (Å²) in [4.78, 5) is 24.9. The highest BCUT2D eigenvalue weighted by atomic mass is 16.5. The van der Waals surface area contributed by atoms with Crippen LogP contribution in [-0.2, 0) is 16.1 Å². The number of ether oxygens (including phenoxy) is 1. The zero-order chi connectivity index (χ0) is 19.0. The van der Waals surface area contributed by atoms with Gasteiger partial charge in [0.25, 0.3) is 5.91 Å². The number of rotatable bonds is 7. The van der Waals surface area contributed by atoms with Crippen molar-refractivity contribution in [1.82, 2.24) is 5.32 Å². The largest absolute Gasteiger partial charge is 0.461 e. The summed E-state index contributed by atoms with van der Waals surface area (Å²) in [5.41, 5.74) is 1.44. The molecule has 2 aromatic carbocycles. The zero-order valence-electron chi connectivity index (χ0n) is 15.7. The van der Waals surface area contributed by atoms with Gasteiger partial charge in [-0.25, -0.2) is 0 Å². The third kappa shape index (κ3) is 5.68. The van der Waals surface area contributed by atoms with Gasteiger partial charge in [-0.2, -0.15) is 0 Å². The molecule has 0 aliphatic heterocycles. The third-order valence-corrected chi connectivity index (χ3v) is 5.34. The van der Waals surface area contributed by atoms with E-state index >= 15 is 0 Å². The van der Waals surface area contributed by atoms with E-state index in [-0.39, 0.29) is 17.3 Å². The Bertz CT molecular complexity index is 737. The fourth-order valence-corrected chi connectivity index (χ4v) is 3.77. The predicted octanol–water partition coefficient (Wildman–Crippen LogP) is 4.50. The van der Waals surface area contributed by atoms with Gasteiger partial charge in [0, 0.05) is 12.1 Å². The maximum Gasteiger partial charge on any atom is 0.306 e. The van der Waals surface area contributed by atoms with E-state index in [4.69, 9.17) is 4.74 Å². The first kappa shape index (κ1) is 19.2. The Morgan fingerprint density at radius 3 is 2.19 bits per heavy atom. The van der Waals surface area contributed by atoms with E-state index < -0.39 is 0 Å². The van der Waals surface area contributed by atoms with Crippen LogP contribution in [0, 0.1) is 5.41 Å². The highest BCUT2D eigenvalue weighted by Gasteiger charge is 2.35. The van der Waals surface area contributed by atoms with Crippen molar-refractivity contribution in [3.63, 3.8) is 0 Å². The van der Waals surface area contributed by atoms with Crippen LogP contribution in [0.25, 0.3) is 0 Å².